The van der Waals surface area contributed by atoms with Gasteiger partial charge in [-0.2, -0.15) is 0 Å². The van der Waals surface area contributed by atoms with Crippen LogP contribution in [0, 0.1) is 0 Å². The van der Waals surface area contributed by atoms with Crippen LogP contribution < -0.4 is 0 Å². The number of methoxy groups -OCH3 is 2. The van der Waals surface area contributed by atoms with Gasteiger partial charge in [-0.25, -0.2) is 9.59 Å². The molecule has 0 saturated heterocycles. The minimum absolute atomic E-state index is 0.181. The summed E-state index contributed by atoms with van der Waals surface area (Å²) in [6.45, 7) is 0. The van der Waals surface area contributed by atoms with Crippen LogP contribution in [0.15, 0.2) is 60.7 Å². The normalized spacial score (nSPS) is 10.9. The van der Waals surface area contributed by atoms with Crippen LogP contribution in [0.2, 0.25) is 0 Å². The van der Waals surface area contributed by atoms with Crippen LogP contribution in [0.5, 0.6) is 0 Å². The lowest BCUT2D eigenvalue weighted by molar-refractivity contribution is 0.0556. The quantitative estimate of drug-likeness (QED) is 0.545. The molecular weight excluding hydrogens is 342 g/mol. The fourth-order valence-electron chi connectivity index (χ4n) is 3.47. The molecular formula is C22H17NO4. The number of benzene rings is 3. The highest BCUT2D eigenvalue weighted by atomic mass is 16.5. The summed E-state index contributed by atoms with van der Waals surface area (Å²) in [6, 6.07) is 19.0. The molecule has 0 fully saturated rings. The van der Waals surface area contributed by atoms with Crippen LogP contribution >= 0.6 is 0 Å². The third kappa shape index (κ3) is 2.64. The van der Waals surface area contributed by atoms with Crippen molar-refractivity contribution in [3.8, 4) is 11.1 Å². The van der Waals surface area contributed by atoms with E-state index in [1.165, 1.54) is 14.2 Å². The van der Waals surface area contributed by atoms with E-state index in [1.807, 2.05) is 54.6 Å². The van der Waals surface area contributed by atoms with E-state index in [9.17, 15) is 9.59 Å². The Morgan fingerprint density at radius 2 is 1.48 bits per heavy atom. The largest absolute Gasteiger partial charge is 0.465 e. The van der Waals surface area contributed by atoms with E-state index in [4.69, 9.17) is 9.47 Å². The predicted molar refractivity (Wildman–Crippen MR) is 104 cm³/mol. The second-order valence-corrected chi connectivity index (χ2v) is 6.12. The molecule has 1 heterocycles. The molecule has 1 aromatic heterocycles. The zero-order valence-corrected chi connectivity index (χ0v) is 14.9. The van der Waals surface area contributed by atoms with Gasteiger partial charge >= 0.3 is 11.9 Å². The minimum atomic E-state index is -0.588. The summed E-state index contributed by atoms with van der Waals surface area (Å²) in [5, 5.41) is 1.81. The average molecular weight is 359 g/mol. The van der Waals surface area contributed by atoms with Crippen molar-refractivity contribution in [2.75, 3.05) is 14.2 Å². The van der Waals surface area contributed by atoms with Gasteiger partial charge in [-0.3, -0.25) is 0 Å². The van der Waals surface area contributed by atoms with Crippen molar-refractivity contribution in [2.45, 2.75) is 0 Å². The molecule has 4 rings (SSSR count). The highest BCUT2D eigenvalue weighted by molar-refractivity contribution is 6.20. The Bertz CT molecular complexity index is 1180. The summed E-state index contributed by atoms with van der Waals surface area (Å²) in [7, 11) is 2.60. The molecule has 0 aliphatic rings. The summed E-state index contributed by atoms with van der Waals surface area (Å²) in [6.07, 6.45) is 0. The maximum atomic E-state index is 12.7. The van der Waals surface area contributed by atoms with Gasteiger partial charge < -0.3 is 14.5 Å². The van der Waals surface area contributed by atoms with Crippen LogP contribution in [0.3, 0.4) is 0 Å². The van der Waals surface area contributed by atoms with Crippen molar-refractivity contribution >= 4 is 33.7 Å². The number of esters is 2. The Morgan fingerprint density at radius 1 is 0.815 bits per heavy atom. The Balaban J connectivity index is 2.24. The second kappa shape index (κ2) is 6.61. The fourth-order valence-corrected chi connectivity index (χ4v) is 3.47. The van der Waals surface area contributed by atoms with E-state index in [0.29, 0.717) is 5.56 Å². The van der Waals surface area contributed by atoms with Gasteiger partial charge in [-0.05, 0) is 17.7 Å². The van der Waals surface area contributed by atoms with Crippen LogP contribution in [-0.2, 0) is 9.47 Å². The molecule has 0 spiro atoms. The Morgan fingerprint density at radius 3 is 2.19 bits per heavy atom. The first-order valence-corrected chi connectivity index (χ1v) is 8.45. The van der Waals surface area contributed by atoms with Crippen molar-refractivity contribution in [3.63, 3.8) is 0 Å². The SMILES string of the molecule is COC(=O)c1cc2c([nH]c3ccccc32)c(-c2ccccc2)c1C(=O)OC. The highest BCUT2D eigenvalue weighted by Crippen LogP contribution is 2.38. The van der Waals surface area contributed by atoms with Gasteiger partial charge in [-0.1, -0.05) is 48.5 Å². The molecule has 0 unspecified atom stereocenters. The lowest BCUT2D eigenvalue weighted by atomic mass is 9.92. The Kier molecular flexibility index (Phi) is 4.12. The number of aromatic nitrogens is 1. The highest BCUT2D eigenvalue weighted by Gasteiger charge is 2.27. The molecule has 0 bridgehead atoms. The van der Waals surface area contributed by atoms with Gasteiger partial charge in [0.2, 0.25) is 0 Å². The van der Waals surface area contributed by atoms with Gasteiger partial charge in [0, 0.05) is 21.9 Å². The number of H-pyrrole nitrogens is 1. The van der Waals surface area contributed by atoms with E-state index in [0.717, 1.165) is 27.4 Å². The third-order valence-electron chi connectivity index (χ3n) is 4.66. The molecule has 0 amide bonds. The number of carbonyl (C=O) groups is 2. The van der Waals surface area contributed by atoms with Crippen LogP contribution in [-0.4, -0.2) is 31.1 Å². The maximum absolute atomic E-state index is 12.7. The molecule has 0 aliphatic heterocycles. The number of ether oxygens (including phenoxy) is 2. The maximum Gasteiger partial charge on any atom is 0.339 e. The van der Waals surface area contributed by atoms with Gasteiger partial charge in [0.15, 0.2) is 0 Å². The number of fused-ring (bicyclic) bond motifs is 3. The standard InChI is InChI=1S/C22H17NO4/c1-26-21(24)16-12-15-14-10-6-7-11-17(14)23-20(15)18(19(16)22(25)27-2)13-8-4-3-5-9-13/h3-12,23H,1-2H3. The predicted octanol–water partition coefficient (Wildman–Crippen LogP) is 4.56. The summed E-state index contributed by atoms with van der Waals surface area (Å²) >= 11 is 0. The number of para-hydroxylation sites is 1. The van der Waals surface area contributed by atoms with Crippen molar-refractivity contribution in [3.05, 3.63) is 71.8 Å². The summed E-state index contributed by atoms with van der Waals surface area (Å²) in [5.74, 6) is -1.17. The topological polar surface area (TPSA) is 68.4 Å². The van der Waals surface area contributed by atoms with Gasteiger partial charge in [0.1, 0.15) is 0 Å². The molecule has 134 valence electrons. The molecule has 0 saturated carbocycles. The lowest BCUT2D eigenvalue weighted by Crippen LogP contribution is -2.13. The number of hydrogen-bond acceptors (Lipinski definition) is 4. The van der Waals surface area contributed by atoms with Crippen molar-refractivity contribution in [1.82, 2.24) is 4.98 Å². The van der Waals surface area contributed by atoms with Crippen molar-refractivity contribution < 1.29 is 19.1 Å². The van der Waals surface area contributed by atoms with E-state index in [1.54, 1.807) is 6.07 Å². The molecule has 5 heteroatoms. The number of hydrogen-bond donors (Lipinski definition) is 1. The summed E-state index contributed by atoms with van der Waals surface area (Å²) in [5.41, 5.74) is 3.49. The number of rotatable bonds is 3. The number of carbonyl (C=O) groups excluding carboxylic acids is 2. The van der Waals surface area contributed by atoms with Gasteiger partial charge in [0.05, 0.1) is 30.9 Å². The van der Waals surface area contributed by atoms with E-state index in [2.05, 4.69) is 4.98 Å². The zero-order chi connectivity index (χ0) is 19.0. The molecule has 1 N–H and O–H groups in total. The number of nitrogens with one attached hydrogen (secondary N) is 1. The molecule has 3 aromatic carbocycles. The first-order valence-electron chi connectivity index (χ1n) is 8.45. The van der Waals surface area contributed by atoms with Crippen LogP contribution in [0.1, 0.15) is 20.7 Å². The molecule has 0 aliphatic carbocycles. The van der Waals surface area contributed by atoms with Crippen LogP contribution in [0.4, 0.5) is 0 Å². The summed E-state index contributed by atoms with van der Waals surface area (Å²) in [4.78, 5) is 28.6. The minimum Gasteiger partial charge on any atom is -0.465 e. The fraction of sp³-hybridized carbons (Fsp3) is 0.0909. The lowest BCUT2D eigenvalue weighted by Gasteiger charge is -2.14. The van der Waals surface area contributed by atoms with Gasteiger partial charge in [0.25, 0.3) is 0 Å². The molecule has 4 aromatic rings. The zero-order valence-electron chi connectivity index (χ0n) is 14.9. The van der Waals surface area contributed by atoms with E-state index >= 15 is 0 Å². The first-order chi connectivity index (χ1) is 13.2. The molecule has 5 nitrogen and oxygen atoms in total. The molecule has 27 heavy (non-hydrogen) atoms. The smallest absolute Gasteiger partial charge is 0.339 e. The first kappa shape index (κ1) is 16.8. The molecule has 0 atom stereocenters. The van der Waals surface area contributed by atoms with Crippen molar-refractivity contribution in [1.29, 1.82) is 0 Å². The monoisotopic (exact) mass is 359 g/mol. The van der Waals surface area contributed by atoms with Gasteiger partial charge in [-0.15, -0.1) is 0 Å². The number of aromatic amines is 1. The second-order valence-electron chi connectivity index (χ2n) is 6.12. The van der Waals surface area contributed by atoms with Crippen molar-refractivity contribution in [2.24, 2.45) is 0 Å². The van der Waals surface area contributed by atoms with E-state index < -0.39 is 11.9 Å². The van der Waals surface area contributed by atoms with Crippen LogP contribution in [0.25, 0.3) is 32.9 Å². The van der Waals surface area contributed by atoms with E-state index in [-0.39, 0.29) is 11.1 Å². The Hall–Kier alpha value is -3.60. The third-order valence-corrected chi connectivity index (χ3v) is 4.66. The molecule has 0 radical (unpaired) electrons. The average Bonchev–Trinajstić information content (AvgIpc) is 3.10. The summed E-state index contributed by atoms with van der Waals surface area (Å²) < 4.78 is 9.94. The Labute approximate surface area is 155 Å².